The second-order valence-corrected chi connectivity index (χ2v) is 7.06. The Balaban J connectivity index is 4.33. The molecule has 0 aliphatic rings. The fourth-order valence-corrected chi connectivity index (χ4v) is 1.75. The Bertz CT molecular complexity index is 104. The molecule has 0 rings (SSSR count). The van der Waals surface area contributed by atoms with E-state index in [1.165, 1.54) is 6.66 Å². The van der Waals surface area contributed by atoms with Crippen molar-refractivity contribution in [1.82, 2.24) is 0 Å². The van der Waals surface area contributed by atoms with Gasteiger partial charge in [0.1, 0.15) is 7.26 Å². The average molecular weight is 173 g/mol. The van der Waals surface area contributed by atoms with E-state index in [9.17, 15) is 13.2 Å². The number of halogens is 3. The van der Waals surface area contributed by atoms with Crippen molar-refractivity contribution in [1.29, 1.82) is 0 Å². The molecule has 0 saturated heterocycles. The molecule has 0 amide bonds. The molecule has 62 valence electrons. The maximum atomic E-state index is 12.2. The zero-order valence-electron chi connectivity index (χ0n) is 6.50. The Labute approximate surface area is 60.1 Å². The molecule has 0 spiro atoms. The molecule has 0 aromatic heterocycles. The first kappa shape index (κ1) is 10.2. The SMILES string of the molecule is CC[P+](C)(CC)C(F)(F)F. The highest BCUT2D eigenvalue weighted by Crippen LogP contribution is 2.67. The summed E-state index contributed by atoms with van der Waals surface area (Å²) in [7, 11) is -2.61. The van der Waals surface area contributed by atoms with E-state index in [0.717, 1.165) is 0 Å². The molecule has 10 heavy (non-hydrogen) atoms. The van der Waals surface area contributed by atoms with Crippen LogP contribution in [0.3, 0.4) is 0 Å². The van der Waals surface area contributed by atoms with Crippen LogP contribution in [0.1, 0.15) is 13.8 Å². The second-order valence-electron chi connectivity index (χ2n) is 2.50. The minimum absolute atomic E-state index is 0.271. The molecule has 0 nitrogen and oxygen atoms in total. The summed E-state index contributed by atoms with van der Waals surface area (Å²) in [4.78, 5) is 0. The third-order valence-electron chi connectivity index (χ3n) is 2.01. The van der Waals surface area contributed by atoms with E-state index in [1.54, 1.807) is 13.8 Å². The van der Waals surface area contributed by atoms with Crippen LogP contribution in [0.25, 0.3) is 0 Å². The molecule has 0 bridgehead atoms. The second kappa shape index (κ2) is 3.08. The van der Waals surface area contributed by atoms with Gasteiger partial charge in [-0.05, 0) is 13.8 Å². The van der Waals surface area contributed by atoms with Crippen molar-refractivity contribution < 1.29 is 13.2 Å². The summed E-state index contributed by atoms with van der Waals surface area (Å²) in [6.07, 6.45) is 0.542. The van der Waals surface area contributed by atoms with E-state index >= 15 is 0 Å². The molecule has 0 fully saturated rings. The summed E-state index contributed by atoms with van der Waals surface area (Å²) in [5.74, 6) is -3.93. The predicted molar refractivity (Wildman–Crippen MR) is 40.0 cm³/mol. The van der Waals surface area contributed by atoms with Crippen LogP contribution in [0.4, 0.5) is 13.2 Å². The fraction of sp³-hybridized carbons (Fsp3) is 1.00. The van der Waals surface area contributed by atoms with Crippen LogP contribution < -0.4 is 0 Å². The molecule has 0 N–H and O–H groups in total. The lowest BCUT2D eigenvalue weighted by Crippen LogP contribution is -2.17. The summed E-state index contributed by atoms with van der Waals surface area (Å²) >= 11 is 0. The zero-order valence-corrected chi connectivity index (χ0v) is 7.39. The zero-order chi connectivity index (χ0) is 8.41. The van der Waals surface area contributed by atoms with E-state index in [0.29, 0.717) is 0 Å². The quantitative estimate of drug-likeness (QED) is 0.562. The molecule has 0 heterocycles. The summed E-state index contributed by atoms with van der Waals surface area (Å²) in [6.45, 7) is 4.60. The first-order chi connectivity index (χ1) is 4.37. The number of hydrogen-bond acceptors (Lipinski definition) is 0. The molecule has 0 aliphatic heterocycles. The van der Waals surface area contributed by atoms with Gasteiger partial charge < -0.3 is 0 Å². The molecule has 0 unspecified atom stereocenters. The molecule has 0 saturated carbocycles. The van der Waals surface area contributed by atoms with Crippen LogP contribution in [0, 0.1) is 0 Å². The van der Waals surface area contributed by atoms with E-state index in [1.807, 2.05) is 0 Å². The van der Waals surface area contributed by atoms with Crippen LogP contribution in [0.2, 0.25) is 0 Å². The monoisotopic (exact) mass is 173 g/mol. The number of rotatable bonds is 2. The first-order valence-corrected chi connectivity index (χ1v) is 5.89. The molecular formula is C6H13F3P+. The normalized spacial score (nSPS) is 13.8. The Morgan fingerprint density at radius 2 is 1.40 bits per heavy atom. The average Bonchev–Trinajstić information content (AvgIpc) is 1.84. The summed E-state index contributed by atoms with van der Waals surface area (Å²) in [5, 5.41) is 0. The lowest BCUT2D eigenvalue weighted by Gasteiger charge is -2.21. The molecule has 0 radical (unpaired) electrons. The lowest BCUT2D eigenvalue weighted by atomic mass is 11.0. The third kappa shape index (κ3) is 1.85. The minimum Gasteiger partial charge on any atom is -0.135 e. The minimum atomic E-state index is -3.93. The predicted octanol–water partition coefficient (Wildman–Crippen LogP) is 3.19. The first-order valence-electron chi connectivity index (χ1n) is 3.28. The Kier molecular flexibility index (Phi) is 3.15. The van der Waals surface area contributed by atoms with Crippen molar-refractivity contribution in [3.8, 4) is 0 Å². The highest BCUT2D eigenvalue weighted by molar-refractivity contribution is 7.76. The van der Waals surface area contributed by atoms with Crippen LogP contribution in [-0.2, 0) is 0 Å². The van der Waals surface area contributed by atoms with Gasteiger partial charge in [0.05, 0.1) is 19.0 Å². The van der Waals surface area contributed by atoms with Crippen LogP contribution in [0.5, 0.6) is 0 Å². The maximum absolute atomic E-state index is 12.2. The van der Waals surface area contributed by atoms with Gasteiger partial charge >= 0.3 is 5.92 Å². The van der Waals surface area contributed by atoms with Gasteiger partial charge in [0.15, 0.2) is 0 Å². The van der Waals surface area contributed by atoms with Crippen molar-refractivity contribution in [3.63, 3.8) is 0 Å². The van der Waals surface area contributed by atoms with Crippen molar-refractivity contribution in [2.45, 2.75) is 19.8 Å². The van der Waals surface area contributed by atoms with E-state index in [-0.39, 0.29) is 12.3 Å². The van der Waals surface area contributed by atoms with Crippen LogP contribution >= 0.6 is 7.26 Å². The van der Waals surface area contributed by atoms with Crippen molar-refractivity contribution in [2.24, 2.45) is 0 Å². The molecule has 0 aromatic rings. The number of alkyl halides is 3. The van der Waals surface area contributed by atoms with Gasteiger partial charge in [-0.2, -0.15) is 0 Å². The topological polar surface area (TPSA) is 0 Å². The lowest BCUT2D eigenvalue weighted by molar-refractivity contribution is -0.0432. The number of hydrogen-bond donors (Lipinski definition) is 0. The third-order valence-corrected chi connectivity index (χ3v) is 6.02. The Hall–Kier alpha value is 0.220. The summed E-state index contributed by atoms with van der Waals surface area (Å²) < 4.78 is 36.5. The van der Waals surface area contributed by atoms with Gasteiger partial charge in [0.2, 0.25) is 0 Å². The standard InChI is InChI=1S/C6H13F3P/c1-4-10(3,5-2)6(7,8)9/h4-5H2,1-3H3/q+1. The van der Waals surface area contributed by atoms with Gasteiger partial charge in [-0.25, -0.2) is 0 Å². The van der Waals surface area contributed by atoms with E-state index in [4.69, 9.17) is 0 Å². The molecular weight excluding hydrogens is 160 g/mol. The highest BCUT2D eigenvalue weighted by atomic mass is 31.2. The van der Waals surface area contributed by atoms with Gasteiger partial charge in [0, 0.05) is 0 Å². The van der Waals surface area contributed by atoms with Gasteiger partial charge in [0.25, 0.3) is 0 Å². The molecule has 0 atom stereocenters. The smallest absolute Gasteiger partial charge is 0.135 e. The molecule has 4 heteroatoms. The van der Waals surface area contributed by atoms with Crippen LogP contribution in [0.15, 0.2) is 0 Å². The highest BCUT2D eigenvalue weighted by Gasteiger charge is 2.56. The fourth-order valence-electron chi connectivity index (χ4n) is 0.582. The summed E-state index contributed by atoms with van der Waals surface area (Å²) in [6, 6.07) is 0. The molecule has 0 aliphatic carbocycles. The van der Waals surface area contributed by atoms with Crippen molar-refractivity contribution in [3.05, 3.63) is 0 Å². The molecule has 0 aromatic carbocycles. The van der Waals surface area contributed by atoms with Crippen LogP contribution in [-0.4, -0.2) is 24.9 Å². The van der Waals surface area contributed by atoms with Gasteiger partial charge in [-0.15, -0.1) is 13.2 Å². The van der Waals surface area contributed by atoms with E-state index in [2.05, 4.69) is 0 Å². The van der Waals surface area contributed by atoms with Crippen molar-refractivity contribution in [2.75, 3.05) is 19.0 Å². The van der Waals surface area contributed by atoms with Gasteiger partial charge in [-0.3, -0.25) is 0 Å². The van der Waals surface area contributed by atoms with Gasteiger partial charge in [-0.1, -0.05) is 0 Å². The Morgan fingerprint density at radius 1 is 1.10 bits per heavy atom. The maximum Gasteiger partial charge on any atom is 0.508 e. The Morgan fingerprint density at radius 3 is 1.40 bits per heavy atom. The summed E-state index contributed by atoms with van der Waals surface area (Å²) in [5.41, 5.74) is 0. The van der Waals surface area contributed by atoms with E-state index < -0.39 is 13.2 Å². The van der Waals surface area contributed by atoms with Crippen molar-refractivity contribution >= 4 is 7.26 Å². The largest absolute Gasteiger partial charge is 0.508 e.